The molecule has 1 aromatic carbocycles. The molecular weight excluding hydrogens is 226 g/mol. The minimum Gasteiger partial charge on any atom is -0.399 e. The quantitative estimate of drug-likeness (QED) is 0.359. The number of carbonyl (C=O) groups is 1. The van der Waals surface area contributed by atoms with Crippen molar-refractivity contribution in [3.63, 3.8) is 0 Å². The minimum absolute atomic E-state index is 0.222. The van der Waals surface area contributed by atoms with Crippen LogP contribution in [0.2, 0.25) is 0 Å². The maximum Gasteiger partial charge on any atom is 0.205 e. The van der Waals surface area contributed by atoms with Crippen LogP contribution in [0.25, 0.3) is 0 Å². The van der Waals surface area contributed by atoms with E-state index in [1.165, 1.54) is 0 Å². The van der Waals surface area contributed by atoms with E-state index in [1.807, 2.05) is 6.07 Å². The summed E-state index contributed by atoms with van der Waals surface area (Å²) in [4.78, 5) is 12.2. The average Bonchev–Trinajstić information content (AvgIpc) is 2.41. The number of anilines is 1. The van der Waals surface area contributed by atoms with E-state index in [-0.39, 0.29) is 11.4 Å². The predicted octanol–water partition coefficient (Wildman–Crippen LogP) is 2.00. The van der Waals surface area contributed by atoms with E-state index in [9.17, 15) is 10.1 Å². The van der Waals surface area contributed by atoms with E-state index >= 15 is 0 Å². The number of piperidine rings is 1. The molecule has 0 aliphatic carbocycles. The summed E-state index contributed by atoms with van der Waals surface area (Å²) >= 11 is 0. The second-order valence-corrected chi connectivity index (χ2v) is 4.30. The van der Waals surface area contributed by atoms with Crippen molar-refractivity contribution in [3.05, 3.63) is 41.1 Å². The molecule has 1 fully saturated rings. The number of rotatable bonds is 2. The van der Waals surface area contributed by atoms with Crippen molar-refractivity contribution in [1.29, 1.82) is 5.26 Å². The van der Waals surface area contributed by atoms with E-state index in [2.05, 4.69) is 5.32 Å². The minimum atomic E-state index is -0.234. The number of benzene rings is 1. The molecule has 0 bridgehead atoms. The maximum absolute atomic E-state index is 12.2. The molecule has 1 heterocycles. The number of ketones is 1. The second-order valence-electron chi connectivity index (χ2n) is 4.30. The van der Waals surface area contributed by atoms with E-state index in [0.29, 0.717) is 11.3 Å². The molecule has 0 saturated carbocycles. The molecule has 3 N–H and O–H groups in total. The van der Waals surface area contributed by atoms with Gasteiger partial charge in [0.1, 0.15) is 11.6 Å². The maximum atomic E-state index is 12.2. The van der Waals surface area contributed by atoms with Gasteiger partial charge in [-0.25, -0.2) is 0 Å². The topological polar surface area (TPSA) is 78.9 Å². The first kappa shape index (κ1) is 12.2. The number of nitriles is 1. The molecule has 1 aliphatic heterocycles. The Morgan fingerprint density at radius 2 is 2.00 bits per heavy atom. The molecular formula is C14H15N3O. The summed E-state index contributed by atoms with van der Waals surface area (Å²) in [5.41, 5.74) is 7.67. The highest BCUT2D eigenvalue weighted by Crippen LogP contribution is 2.18. The van der Waals surface area contributed by atoms with Crippen molar-refractivity contribution in [1.82, 2.24) is 5.32 Å². The molecule has 2 rings (SSSR count). The third-order valence-corrected chi connectivity index (χ3v) is 3.01. The van der Waals surface area contributed by atoms with Crippen molar-refractivity contribution in [2.75, 3.05) is 12.3 Å². The van der Waals surface area contributed by atoms with Gasteiger partial charge in [-0.3, -0.25) is 4.79 Å². The lowest BCUT2D eigenvalue weighted by Gasteiger charge is -2.17. The van der Waals surface area contributed by atoms with Crippen molar-refractivity contribution < 1.29 is 4.79 Å². The Morgan fingerprint density at radius 3 is 2.56 bits per heavy atom. The first-order valence-electron chi connectivity index (χ1n) is 5.99. The standard InChI is InChI=1S/C14H15N3O/c15-9-12(13-3-1-2-8-17-13)14(18)10-4-6-11(16)7-5-10/h4-7,17H,1-3,8,16H2/b13-12-. The lowest BCUT2D eigenvalue weighted by Crippen LogP contribution is -2.23. The van der Waals surface area contributed by atoms with Crippen LogP contribution in [0, 0.1) is 11.3 Å². The Hall–Kier alpha value is -2.28. The molecule has 0 aromatic heterocycles. The van der Waals surface area contributed by atoms with Crippen LogP contribution in [0.3, 0.4) is 0 Å². The largest absolute Gasteiger partial charge is 0.399 e. The number of nitrogens with zero attached hydrogens (tertiary/aromatic N) is 1. The van der Waals surface area contributed by atoms with Gasteiger partial charge in [-0.05, 0) is 43.5 Å². The SMILES string of the molecule is N#C/C(C(=O)c1ccc(N)cc1)=C1\CCCCN1. The van der Waals surface area contributed by atoms with Gasteiger partial charge in [0.15, 0.2) is 0 Å². The fraction of sp³-hybridized carbons (Fsp3) is 0.286. The predicted molar refractivity (Wildman–Crippen MR) is 69.7 cm³/mol. The Morgan fingerprint density at radius 1 is 1.28 bits per heavy atom. The Labute approximate surface area is 106 Å². The van der Waals surface area contributed by atoms with Crippen molar-refractivity contribution in [3.8, 4) is 6.07 Å². The molecule has 0 atom stereocenters. The Bertz CT molecular complexity index is 515. The molecule has 1 saturated heterocycles. The number of nitrogen functional groups attached to an aromatic ring is 1. The van der Waals surface area contributed by atoms with Crippen molar-refractivity contribution in [2.24, 2.45) is 0 Å². The van der Waals surface area contributed by atoms with E-state index in [0.717, 1.165) is 31.5 Å². The Kier molecular flexibility index (Phi) is 3.63. The lowest BCUT2D eigenvalue weighted by molar-refractivity contribution is 0.103. The molecule has 92 valence electrons. The van der Waals surface area contributed by atoms with Gasteiger partial charge in [0.2, 0.25) is 5.78 Å². The van der Waals surface area contributed by atoms with E-state index < -0.39 is 0 Å². The second kappa shape index (κ2) is 5.37. The van der Waals surface area contributed by atoms with Gasteiger partial charge in [0.25, 0.3) is 0 Å². The average molecular weight is 241 g/mol. The zero-order valence-electron chi connectivity index (χ0n) is 10.1. The van der Waals surface area contributed by atoms with Crippen molar-refractivity contribution in [2.45, 2.75) is 19.3 Å². The summed E-state index contributed by atoms with van der Waals surface area (Å²) in [6.45, 7) is 0.829. The van der Waals surface area contributed by atoms with Gasteiger partial charge in [-0.15, -0.1) is 0 Å². The number of nitrogens with one attached hydrogen (secondary N) is 1. The summed E-state index contributed by atoms with van der Waals surface area (Å²) in [6, 6.07) is 8.66. The zero-order chi connectivity index (χ0) is 13.0. The summed E-state index contributed by atoms with van der Waals surface area (Å²) in [7, 11) is 0. The molecule has 0 amide bonds. The number of Topliss-reactive ketones (excluding diaryl/α,β-unsaturated/α-hetero) is 1. The first-order valence-corrected chi connectivity index (χ1v) is 5.99. The number of carbonyl (C=O) groups excluding carboxylic acids is 1. The highest BCUT2D eigenvalue weighted by molar-refractivity contribution is 6.11. The third kappa shape index (κ3) is 2.51. The highest BCUT2D eigenvalue weighted by atomic mass is 16.1. The molecule has 4 nitrogen and oxygen atoms in total. The summed E-state index contributed by atoms with van der Waals surface area (Å²) in [5, 5.41) is 12.3. The van der Waals surface area contributed by atoms with Crippen LogP contribution in [0.5, 0.6) is 0 Å². The normalized spacial score (nSPS) is 17.5. The van der Waals surface area contributed by atoms with Crippen LogP contribution in [0.4, 0.5) is 5.69 Å². The number of hydrogen-bond acceptors (Lipinski definition) is 4. The fourth-order valence-electron chi connectivity index (χ4n) is 2.00. The molecule has 0 spiro atoms. The first-order chi connectivity index (χ1) is 8.72. The molecule has 18 heavy (non-hydrogen) atoms. The van der Waals surface area contributed by atoms with Crippen LogP contribution in [0.15, 0.2) is 35.5 Å². The van der Waals surface area contributed by atoms with Gasteiger partial charge >= 0.3 is 0 Å². The van der Waals surface area contributed by atoms with Gasteiger partial charge in [-0.2, -0.15) is 5.26 Å². The number of nitrogens with two attached hydrogens (primary N) is 1. The van der Waals surface area contributed by atoms with E-state index in [1.54, 1.807) is 24.3 Å². The van der Waals surface area contributed by atoms with Gasteiger partial charge in [0.05, 0.1) is 0 Å². The molecule has 1 aromatic rings. The molecule has 4 heteroatoms. The monoisotopic (exact) mass is 241 g/mol. The van der Waals surface area contributed by atoms with Crippen LogP contribution in [-0.2, 0) is 0 Å². The van der Waals surface area contributed by atoms with Crippen LogP contribution in [0.1, 0.15) is 29.6 Å². The highest BCUT2D eigenvalue weighted by Gasteiger charge is 2.18. The number of hydrogen-bond donors (Lipinski definition) is 2. The van der Waals surface area contributed by atoms with E-state index in [4.69, 9.17) is 5.73 Å². The molecule has 1 aliphatic rings. The summed E-state index contributed by atoms with van der Waals surface area (Å²) in [5.74, 6) is -0.234. The smallest absolute Gasteiger partial charge is 0.205 e. The summed E-state index contributed by atoms with van der Waals surface area (Å²) < 4.78 is 0. The van der Waals surface area contributed by atoms with Gasteiger partial charge in [0, 0.05) is 23.5 Å². The summed E-state index contributed by atoms with van der Waals surface area (Å²) in [6.07, 6.45) is 2.87. The molecule has 0 radical (unpaired) electrons. The van der Waals surface area contributed by atoms with Gasteiger partial charge < -0.3 is 11.1 Å². The van der Waals surface area contributed by atoms with Crippen LogP contribution < -0.4 is 11.1 Å². The Balaban J connectivity index is 2.31. The third-order valence-electron chi connectivity index (χ3n) is 3.01. The fourth-order valence-corrected chi connectivity index (χ4v) is 2.00. The zero-order valence-corrected chi connectivity index (χ0v) is 10.1. The van der Waals surface area contributed by atoms with Crippen molar-refractivity contribution >= 4 is 11.5 Å². The lowest BCUT2D eigenvalue weighted by atomic mass is 9.98. The molecule has 0 unspecified atom stereocenters. The number of allylic oxidation sites excluding steroid dienone is 2. The van der Waals surface area contributed by atoms with Crippen LogP contribution in [-0.4, -0.2) is 12.3 Å². The van der Waals surface area contributed by atoms with Crippen LogP contribution >= 0.6 is 0 Å². The van der Waals surface area contributed by atoms with Gasteiger partial charge in [-0.1, -0.05) is 0 Å².